The summed E-state index contributed by atoms with van der Waals surface area (Å²) >= 11 is 3.15. The van der Waals surface area contributed by atoms with E-state index in [1.165, 1.54) is 0 Å². The van der Waals surface area contributed by atoms with Crippen LogP contribution in [0, 0.1) is 10.8 Å². The smallest absolute Gasteiger partial charge is 0.146 e. The standard InChI is InChI=1S/C9H9BrN2O/c1-2-3-5-4-6(10)7(11)8(12)9(5)13/h2,4,11-13H,1,3H2. The van der Waals surface area contributed by atoms with E-state index in [1.54, 1.807) is 12.2 Å². The molecule has 13 heavy (non-hydrogen) atoms. The molecule has 1 rings (SSSR count). The van der Waals surface area contributed by atoms with E-state index >= 15 is 0 Å². The third kappa shape index (κ3) is 1.78. The summed E-state index contributed by atoms with van der Waals surface area (Å²) in [7, 11) is 0. The van der Waals surface area contributed by atoms with Crippen LogP contribution in [0.15, 0.2) is 34.5 Å². The molecule has 1 aliphatic rings. The van der Waals surface area contributed by atoms with Gasteiger partial charge >= 0.3 is 0 Å². The largest absolute Gasteiger partial charge is 0.505 e. The first kappa shape index (κ1) is 9.92. The zero-order valence-corrected chi connectivity index (χ0v) is 8.48. The molecule has 0 saturated heterocycles. The van der Waals surface area contributed by atoms with E-state index in [0.717, 1.165) is 0 Å². The van der Waals surface area contributed by atoms with Crippen molar-refractivity contribution in [1.82, 2.24) is 0 Å². The molecular weight excluding hydrogens is 232 g/mol. The number of halogens is 1. The molecule has 0 aliphatic heterocycles. The van der Waals surface area contributed by atoms with Crippen LogP contribution in [-0.2, 0) is 0 Å². The fourth-order valence-electron chi connectivity index (χ4n) is 1.00. The molecule has 3 N–H and O–H groups in total. The van der Waals surface area contributed by atoms with Gasteiger partial charge in [0.2, 0.25) is 0 Å². The van der Waals surface area contributed by atoms with Crippen LogP contribution in [0.3, 0.4) is 0 Å². The summed E-state index contributed by atoms with van der Waals surface area (Å²) in [6.45, 7) is 3.54. The average molecular weight is 241 g/mol. The topological polar surface area (TPSA) is 67.9 Å². The number of aliphatic hydroxyl groups excluding tert-OH is 1. The fourth-order valence-corrected chi connectivity index (χ4v) is 1.48. The Bertz CT molecular complexity index is 349. The van der Waals surface area contributed by atoms with Crippen LogP contribution >= 0.6 is 15.9 Å². The number of hydrogen-bond acceptors (Lipinski definition) is 3. The van der Waals surface area contributed by atoms with Crippen LogP contribution in [0.2, 0.25) is 0 Å². The summed E-state index contributed by atoms with van der Waals surface area (Å²) in [5, 5.41) is 24.3. The number of allylic oxidation sites excluding steroid dienone is 5. The van der Waals surface area contributed by atoms with Crippen molar-refractivity contribution in [2.45, 2.75) is 6.42 Å². The fraction of sp³-hybridized carbons (Fsp3) is 0.111. The first-order valence-corrected chi connectivity index (χ1v) is 4.45. The van der Waals surface area contributed by atoms with E-state index in [1.807, 2.05) is 0 Å². The van der Waals surface area contributed by atoms with Gasteiger partial charge in [-0.3, -0.25) is 10.8 Å². The highest BCUT2D eigenvalue weighted by Gasteiger charge is 2.20. The van der Waals surface area contributed by atoms with E-state index in [4.69, 9.17) is 10.8 Å². The van der Waals surface area contributed by atoms with Gasteiger partial charge < -0.3 is 5.11 Å². The van der Waals surface area contributed by atoms with Crippen LogP contribution in [-0.4, -0.2) is 16.5 Å². The molecule has 0 radical (unpaired) electrons. The molecule has 68 valence electrons. The average Bonchev–Trinajstić information content (AvgIpc) is 2.11. The second-order valence-electron chi connectivity index (χ2n) is 2.61. The van der Waals surface area contributed by atoms with Crippen molar-refractivity contribution >= 4 is 27.4 Å². The van der Waals surface area contributed by atoms with Crippen LogP contribution in [0.1, 0.15) is 6.42 Å². The molecule has 0 unspecified atom stereocenters. The van der Waals surface area contributed by atoms with Gasteiger partial charge in [0.25, 0.3) is 0 Å². The molecule has 0 aromatic rings. The maximum Gasteiger partial charge on any atom is 0.146 e. The zero-order chi connectivity index (χ0) is 10.0. The summed E-state index contributed by atoms with van der Waals surface area (Å²) in [6, 6.07) is 0. The summed E-state index contributed by atoms with van der Waals surface area (Å²) in [5.41, 5.74) is 0.472. The van der Waals surface area contributed by atoms with Gasteiger partial charge in [0.1, 0.15) is 11.5 Å². The summed E-state index contributed by atoms with van der Waals surface area (Å²) in [5.74, 6) is -0.131. The van der Waals surface area contributed by atoms with E-state index in [9.17, 15) is 5.11 Å². The Morgan fingerprint density at radius 1 is 1.46 bits per heavy atom. The number of rotatable bonds is 2. The van der Waals surface area contributed by atoms with Gasteiger partial charge in [-0.2, -0.15) is 0 Å². The Labute approximate surface area is 84.6 Å². The highest BCUT2D eigenvalue weighted by molar-refractivity contribution is 9.12. The van der Waals surface area contributed by atoms with E-state index < -0.39 is 0 Å². The van der Waals surface area contributed by atoms with Gasteiger partial charge in [0.05, 0.1) is 5.71 Å². The van der Waals surface area contributed by atoms with Gasteiger partial charge in [-0.1, -0.05) is 6.08 Å². The van der Waals surface area contributed by atoms with Gasteiger partial charge in [-0.15, -0.1) is 6.58 Å². The zero-order valence-electron chi connectivity index (χ0n) is 6.89. The molecule has 0 saturated carbocycles. The van der Waals surface area contributed by atoms with Crippen molar-refractivity contribution in [1.29, 1.82) is 10.8 Å². The highest BCUT2D eigenvalue weighted by Crippen LogP contribution is 2.23. The maximum absolute atomic E-state index is 9.46. The van der Waals surface area contributed by atoms with E-state index in [0.29, 0.717) is 16.5 Å². The molecule has 0 spiro atoms. The van der Waals surface area contributed by atoms with Crippen molar-refractivity contribution in [2.24, 2.45) is 0 Å². The summed E-state index contributed by atoms with van der Waals surface area (Å²) < 4.78 is 0.521. The molecule has 1 aliphatic carbocycles. The number of nitrogens with one attached hydrogen (secondary N) is 2. The Morgan fingerprint density at radius 3 is 2.62 bits per heavy atom. The van der Waals surface area contributed by atoms with Gasteiger partial charge in [-0.05, 0) is 28.4 Å². The first-order valence-electron chi connectivity index (χ1n) is 3.66. The van der Waals surface area contributed by atoms with Crippen molar-refractivity contribution in [3.63, 3.8) is 0 Å². The number of hydrogen-bond donors (Lipinski definition) is 3. The Balaban J connectivity index is 3.14. The van der Waals surface area contributed by atoms with Crippen LogP contribution in [0.4, 0.5) is 0 Å². The van der Waals surface area contributed by atoms with Crippen molar-refractivity contribution in [3.8, 4) is 0 Å². The Kier molecular flexibility index (Phi) is 2.83. The molecule has 0 bridgehead atoms. The van der Waals surface area contributed by atoms with Crippen LogP contribution < -0.4 is 0 Å². The monoisotopic (exact) mass is 240 g/mol. The van der Waals surface area contributed by atoms with Gasteiger partial charge in [0, 0.05) is 10.1 Å². The predicted molar refractivity (Wildman–Crippen MR) is 56.9 cm³/mol. The predicted octanol–water partition coefficient (Wildman–Crippen LogP) is 2.71. The number of aliphatic hydroxyl groups is 1. The third-order valence-electron chi connectivity index (χ3n) is 1.70. The van der Waals surface area contributed by atoms with Crippen LogP contribution in [0.5, 0.6) is 0 Å². The Morgan fingerprint density at radius 2 is 2.08 bits per heavy atom. The molecule has 0 amide bonds. The molecule has 0 aromatic carbocycles. The van der Waals surface area contributed by atoms with E-state index in [-0.39, 0.29) is 17.2 Å². The Hall–Kier alpha value is -1.16. The van der Waals surface area contributed by atoms with Gasteiger partial charge in [-0.25, -0.2) is 0 Å². The lowest BCUT2D eigenvalue weighted by Crippen LogP contribution is -2.19. The lowest BCUT2D eigenvalue weighted by atomic mass is 9.99. The highest BCUT2D eigenvalue weighted by atomic mass is 79.9. The molecular formula is C9H9BrN2O. The third-order valence-corrected chi connectivity index (χ3v) is 2.32. The van der Waals surface area contributed by atoms with Crippen molar-refractivity contribution in [2.75, 3.05) is 0 Å². The SMILES string of the molecule is C=CCC1=C(O)C(=N)C(=N)C(Br)=C1. The molecule has 0 aromatic heterocycles. The maximum atomic E-state index is 9.46. The minimum absolute atomic E-state index is 0.00492. The second-order valence-corrected chi connectivity index (χ2v) is 3.46. The van der Waals surface area contributed by atoms with Crippen molar-refractivity contribution < 1.29 is 5.11 Å². The molecule has 3 nitrogen and oxygen atoms in total. The molecule has 0 atom stereocenters. The molecule has 4 heteroatoms. The first-order chi connectivity index (χ1) is 6.07. The van der Waals surface area contributed by atoms with Gasteiger partial charge in [0.15, 0.2) is 0 Å². The lowest BCUT2D eigenvalue weighted by molar-refractivity contribution is 0.437. The second kappa shape index (κ2) is 3.70. The normalized spacial score (nSPS) is 17.5. The minimum Gasteiger partial charge on any atom is -0.505 e. The van der Waals surface area contributed by atoms with Crippen LogP contribution in [0.25, 0.3) is 0 Å². The minimum atomic E-state index is -0.147. The molecule has 0 fully saturated rings. The molecule has 0 heterocycles. The van der Waals surface area contributed by atoms with Crippen molar-refractivity contribution in [3.05, 3.63) is 34.5 Å². The quantitative estimate of drug-likeness (QED) is 0.505. The summed E-state index contributed by atoms with van der Waals surface area (Å²) in [4.78, 5) is 0. The van der Waals surface area contributed by atoms with E-state index in [2.05, 4.69) is 22.5 Å². The lowest BCUT2D eigenvalue weighted by Gasteiger charge is -2.13. The summed E-state index contributed by atoms with van der Waals surface area (Å²) in [6.07, 6.45) is 3.78.